The van der Waals surface area contributed by atoms with Crippen LogP contribution in [0.15, 0.2) is 29.6 Å². The van der Waals surface area contributed by atoms with Crippen LogP contribution in [0.1, 0.15) is 39.7 Å². The van der Waals surface area contributed by atoms with Gasteiger partial charge in [0.1, 0.15) is 11.5 Å². The predicted octanol–water partition coefficient (Wildman–Crippen LogP) is 3.64. The van der Waals surface area contributed by atoms with Gasteiger partial charge in [-0.2, -0.15) is 0 Å². The Morgan fingerprint density at radius 3 is 2.42 bits per heavy atom. The summed E-state index contributed by atoms with van der Waals surface area (Å²) >= 11 is 1.75. The molecule has 6 heteroatoms. The summed E-state index contributed by atoms with van der Waals surface area (Å²) in [5, 5.41) is 5.19. The molecule has 1 atom stereocenters. The molecular formula is C20H26N2O3S. The van der Waals surface area contributed by atoms with E-state index in [0.29, 0.717) is 23.6 Å². The van der Waals surface area contributed by atoms with Gasteiger partial charge in [-0.05, 0) is 56.4 Å². The zero-order valence-electron chi connectivity index (χ0n) is 15.6. The molecule has 1 aliphatic heterocycles. The average molecular weight is 375 g/mol. The van der Waals surface area contributed by atoms with Crippen molar-refractivity contribution in [2.24, 2.45) is 0 Å². The highest BCUT2D eigenvalue weighted by molar-refractivity contribution is 7.10. The second-order valence-electron chi connectivity index (χ2n) is 6.49. The van der Waals surface area contributed by atoms with Crippen molar-refractivity contribution in [2.45, 2.75) is 25.8 Å². The predicted molar refractivity (Wildman–Crippen MR) is 104 cm³/mol. The van der Waals surface area contributed by atoms with Crippen LogP contribution in [-0.4, -0.2) is 44.7 Å². The third kappa shape index (κ3) is 4.02. The van der Waals surface area contributed by atoms with Crippen molar-refractivity contribution in [3.63, 3.8) is 0 Å². The van der Waals surface area contributed by atoms with Gasteiger partial charge in [-0.25, -0.2) is 0 Å². The van der Waals surface area contributed by atoms with Crippen molar-refractivity contribution in [2.75, 3.05) is 33.9 Å². The molecule has 1 aliphatic rings. The fourth-order valence-corrected chi connectivity index (χ4v) is 4.31. The number of nitrogens with one attached hydrogen (secondary N) is 1. The molecule has 0 bridgehead atoms. The van der Waals surface area contributed by atoms with Crippen molar-refractivity contribution in [3.05, 3.63) is 45.6 Å². The molecule has 1 unspecified atom stereocenters. The van der Waals surface area contributed by atoms with Crippen molar-refractivity contribution < 1.29 is 14.3 Å². The third-order valence-corrected chi connectivity index (χ3v) is 5.90. The molecule has 140 valence electrons. The Labute approximate surface area is 158 Å². The van der Waals surface area contributed by atoms with E-state index in [4.69, 9.17) is 9.47 Å². The van der Waals surface area contributed by atoms with Gasteiger partial charge in [0.15, 0.2) is 0 Å². The third-order valence-electron chi connectivity index (χ3n) is 4.92. The number of amides is 1. The van der Waals surface area contributed by atoms with E-state index in [1.807, 2.05) is 6.92 Å². The maximum atomic E-state index is 12.7. The van der Waals surface area contributed by atoms with Crippen molar-refractivity contribution in [3.8, 4) is 11.5 Å². The molecule has 3 rings (SSSR count). The number of carbonyl (C=O) groups excluding carboxylic acids is 1. The number of nitrogens with zero attached hydrogens (tertiary/aromatic N) is 1. The van der Waals surface area contributed by atoms with E-state index < -0.39 is 0 Å². The standard InChI is InChI=1S/C20H26N2O3S/c1-14-17(24-2)11-15(12-18(14)25-3)20(23)21-13-16(19-7-6-10-26-19)22-8-4-5-9-22/h6-7,10-12,16H,4-5,8-9,13H2,1-3H3,(H,21,23). The zero-order valence-corrected chi connectivity index (χ0v) is 16.4. The quantitative estimate of drug-likeness (QED) is 0.804. The molecule has 26 heavy (non-hydrogen) atoms. The summed E-state index contributed by atoms with van der Waals surface area (Å²) in [5.74, 6) is 1.20. The lowest BCUT2D eigenvalue weighted by atomic mass is 10.1. The number of hydrogen-bond donors (Lipinski definition) is 1. The van der Waals surface area contributed by atoms with Crippen molar-refractivity contribution in [1.82, 2.24) is 10.2 Å². The lowest BCUT2D eigenvalue weighted by molar-refractivity contribution is 0.0937. The van der Waals surface area contributed by atoms with E-state index in [2.05, 4.69) is 27.7 Å². The summed E-state index contributed by atoms with van der Waals surface area (Å²) in [6, 6.07) is 7.99. The van der Waals surface area contributed by atoms with Gasteiger partial charge in [0.25, 0.3) is 5.91 Å². The number of carbonyl (C=O) groups is 1. The molecule has 5 nitrogen and oxygen atoms in total. The minimum absolute atomic E-state index is 0.109. The van der Waals surface area contributed by atoms with Gasteiger partial charge in [0, 0.05) is 22.5 Å². The summed E-state index contributed by atoms with van der Waals surface area (Å²) < 4.78 is 10.8. The average Bonchev–Trinajstić information content (AvgIpc) is 3.36. The van der Waals surface area contributed by atoms with Crippen molar-refractivity contribution >= 4 is 17.2 Å². The Morgan fingerprint density at radius 2 is 1.88 bits per heavy atom. The summed E-state index contributed by atoms with van der Waals surface area (Å²) in [6.45, 7) is 4.69. The zero-order chi connectivity index (χ0) is 18.5. The molecule has 1 aromatic heterocycles. The maximum absolute atomic E-state index is 12.7. The summed E-state index contributed by atoms with van der Waals surface area (Å²) in [4.78, 5) is 16.5. The first-order valence-electron chi connectivity index (χ1n) is 8.92. The van der Waals surface area contributed by atoms with Gasteiger partial charge in [0.2, 0.25) is 0 Å². The van der Waals surface area contributed by atoms with Crippen LogP contribution in [0, 0.1) is 6.92 Å². The highest BCUT2D eigenvalue weighted by Gasteiger charge is 2.25. The highest BCUT2D eigenvalue weighted by atomic mass is 32.1. The minimum atomic E-state index is -0.109. The smallest absolute Gasteiger partial charge is 0.251 e. The van der Waals surface area contributed by atoms with Crippen LogP contribution in [0.4, 0.5) is 0 Å². The SMILES string of the molecule is COc1cc(C(=O)NCC(c2cccs2)N2CCCC2)cc(OC)c1C. The van der Waals surface area contributed by atoms with Gasteiger partial charge in [-0.3, -0.25) is 9.69 Å². The molecule has 1 amide bonds. The second-order valence-corrected chi connectivity index (χ2v) is 7.47. The normalized spacial score (nSPS) is 15.7. The van der Waals surface area contributed by atoms with E-state index in [0.717, 1.165) is 18.7 Å². The molecule has 1 aromatic carbocycles. The maximum Gasteiger partial charge on any atom is 0.251 e. The first-order valence-corrected chi connectivity index (χ1v) is 9.80. The molecule has 0 saturated carbocycles. The Bertz CT molecular complexity index is 715. The lowest BCUT2D eigenvalue weighted by Crippen LogP contribution is -2.36. The number of benzene rings is 1. The molecule has 1 saturated heterocycles. The lowest BCUT2D eigenvalue weighted by Gasteiger charge is -2.27. The summed E-state index contributed by atoms with van der Waals surface area (Å²) in [5.41, 5.74) is 1.44. The monoisotopic (exact) mass is 374 g/mol. The van der Waals surface area contributed by atoms with E-state index >= 15 is 0 Å². The number of ether oxygens (including phenoxy) is 2. The van der Waals surface area contributed by atoms with E-state index in [1.54, 1.807) is 37.7 Å². The van der Waals surface area contributed by atoms with E-state index in [1.165, 1.54) is 17.7 Å². The summed E-state index contributed by atoms with van der Waals surface area (Å²) in [7, 11) is 3.20. The van der Waals surface area contributed by atoms with Crippen LogP contribution < -0.4 is 14.8 Å². The van der Waals surface area contributed by atoms with Crippen LogP contribution in [0.2, 0.25) is 0 Å². The topological polar surface area (TPSA) is 50.8 Å². The van der Waals surface area contributed by atoms with Crippen molar-refractivity contribution in [1.29, 1.82) is 0 Å². The highest BCUT2D eigenvalue weighted by Crippen LogP contribution is 2.30. The number of methoxy groups -OCH3 is 2. The second kappa shape index (κ2) is 8.56. The fraction of sp³-hybridized carbons (Fsp3) is 0.450. The Morgan fingerprint density at radius 1 is 1.23 bits per heavy atom. The summed E-state index contributed by atoms with van der Waals surface area (Å²) in [6.07, 6.45) is 2.45. The van der Waals surface area contributed by atoms with Crippen LogP contribution in [0.25, 0.3) is 0 Å². The minimum Gasteiger partial charge on any atom is -0.496 e. The van der Waals surface area contributed by atoms with Gasteiger partial charge in [0.05, 0.1) is 20.3 Å². The van der Waals surface area contributed by atoms with Crippen LogP contribution in [-0.2, 0) is 0 Å². The van der Waals surface area contributed by atoms with Crippen LogP contribution in [0.5, 0.6) is 11.5 Å². The molecule has 0 aliphatic carbocycles. The molecule has 0 spiro atoms. The number of hydrogen-bond acceptors (Lipinski definition) is 5. The number of likely N-dealkylation sites (tertiary alicyclic amines) is 1. The van der Waals surface area contributed by atoms with Crippen LogP contribution in [0.3, 0.4) is 0 Å². The number of rotatable bonds is 7. The molecule has 1 fully saturated rings. The molecule has 0 radical (unpaired) electrons. The molecule has 1 N–H and O–H groups in total. The van der Waals surface area contributed by atoms with E-state index in [-0.39, 0.29) is 11.9 Å². The van der Waals surface area contributed by atoms with Gasteiger partial charge < -0.3 is 14.8 Å². The molecule has 2 aromatic rings. The first-order chi connectivity index (χ1) is 12.6. The molecular weight excluding hydrogens is 348 g/mol. The van der Waals surface area contributed by atoms with Crippen LogP contribution >= 0.6 is 11.3 Å². The Kier molecular flexibility index (Phi) is 6.16. The molecule has 2 heterocycles. The Hall–Kier alpha value is -2.05. The fourth-order valence-electron chi connectivity index (χ4n) is 3.45. The first kappa shape index (κ1) is 18.7. The van der Waals surface area contributed by atoms with Gasteiger partial charge in [-0.15, -0.1) is 11.3 Å². The van der Waals surface area contributed by atoms with Gasteiger partial charge in [-0.1, -0.05) is 6.07 Å². The number of thiophene rings is 1. The van der Waals surface area contributed by atoms with E-state index in [9.17, 15) is 4.79 Å². The van der Waals surface area contributed by atoms with Gasteiger partial charge >= 0.3 is 0 Å². The largest absolute Gasteiger partial charge is 0.496 e. The Balaban J connectivity index is 1.74.